The predicted octanol–water partition coefficient (Wildman–Crippen LogP) is 4.08. The summed E-state index contributed by atoms with van der Waals surface area (Å²) in [6.07, 6.45) is 2.79. The van der Waals surface area contributed by atoms with Gasteiger partial charge in [0.2, 0.25) is 10.0 Å². The maximum Gasteiger partial charge on any atom is 0.255 e. The molecular formula is C19H21ClN2O3S. The summed E-state index contributed by atoms with van der Waals surface area (Å²) in [5.41, 5.74) is 1.78. The number of hydrogen-bond donors (Lipinski definition) is 1. The Labute approximate surface area is 159 Å². The number of amides is 1. The highest BCUT2D eigenvalue weighted by Crippen LogP contribution is 2.23. The molecule has 1 N–H and O–H groups in total. The zero-order valence-electron chi connectivity index (χ0n) is 14.5. The molecule has 2 aromatic carbocycles. The minimum absolute atomic E-state index is 0.153. The quantitative estimate of drug-likeness (QED) is 0.852. The second-order valence-corrected chi connectivity index (χ2v) is 8.78. The molecule has 138 valence electrons. The van der Waals surface area contributed by atoms with Crippen molar-refractivity contribution in [2.75, 3.05) is 18.4 Å². The number of rotatable bonds is 4. The molecule has 0 bridgehead atoms. The molecule has 26 heavy (non-hydrogen) atoms. The molecule has 5 nitrogen and oxygen atoms in total. The van der Waals surface area contributed by atoms with Crippen LogP contribution >= 0.6 is 11.6 Å². The lowest BCUT2D eigenvalue weighted by Gasteiger charge is -2.26. The van der Waals surface area contributed by atoms with Gasteiger partial charge in [-0.15, -0.1) is 0 Å². The number of aryl methyl sites for hydroxylation is 1. The van der Waals surface area contributed by atoms with Gasteiger partial charge in [0.25, 0.3) is 5.91 Å². The van der Waals surface area contributed by atoms with E-state index in [9.17, 15) is 13.2 Å². The number of carbonyl (C=O) groups is 1. The molecule has 0 radical (unpaired) electrons. The van der Waals surface area contributed by atoms with Crippen LogP contribution in [-0.2, 0) is 10.0 Å². The maximum atomic E-state index is 12.8. The number of anilines is 1. The molecule has 2 aromatic rings. The zero-order valence-corrected chi connectivity index (χ0v) is 16.1. The van der Waals surface area contributed by atoms with Crippen LogP contribution in [0.3, 0.4) is 0 Å². The summed E-state index contributed by atoms with van der Waals surface area (Å²) in [6.45, 7) is 2.91. The third-order valence-corrected chi connectivity index (χ3v) is 6.62. The lowest BCUT2D eigenvalue weighted by atomic mass is 10.1. The van der Waals surface area contributed by atoms with E-state index >= 15 is 0 Å². The first kappa shape index (κ1) is 18.9. The molecule has 1 saturated heterocycles. The number of hydrogen-bond acceptors (Lipinski definition) is 3. The first-order valence-corrected chi connectivity index (χ1v) is 10.4. The van der Waals surface area contributed by atoms with Crippen molar-refractivity contribution in [2.24, 2.45) is 0 Å². The summed E-state index contributed by atoms with van der Waals surface area (Å²) < 4.78 is 27.1. The van der Waals surface area contributed by atoms with E-state index in [1.54, 1.807) is 30.3 Å². The van der Waals surface area contributed by atoms with Gasteiger partial charge < -0.3 is 5.32 Å². The van der Waals surface area contributed by atoms with Crippen molar-refractivity contribution in [3.8, 4) is 0 Å². The van der Waals surface area contributed by atoms with Crippen molar-refractivity contribution < 1.29 is 13.2 Å². The molecule has 7 heteroatoms. The van der Waals surface area contributed by atoms with Crippen molar-refractivity contribution in [3.05, 3.63) is 58.6 Å². The van der Waals surface area contributed by atoms with Crippen molar-refractivity contribution in [1.29, 1.82) is 0 Å². The molecule has 1 aliphatic rings. The van der Waals surface area contributed by atoms with Gasteiger partial charge in [0.05, 0.1) is 4.90 Å². The highest BCUT2D eigenvalue weighted by molar-refractivity contribution is 7.89. The van der Waals surface area contributed by atoms with Gasteiger partial charge in [0, 0.05) is 29.4 Å². The number of nitrogens with zero attached hydrogens (tertiary/aromatic N) is 1. The van der Waals surface area contributed by atoms with Crippen LogP contribution < -0.4 is 5.32 Å². The van der Waals surface area contributed by atoms with Crippen molar-refractivity contribution in [2.45, 2.75) is 31.1 Å². The van der Waals surface area contributed by atoms with Gasteiger partial charge in [-0.3, -0.25) is 4.79 Å². The predicted molar refractivity (Wildman–Crippen MR) is 103 cm³/mol. The van der Waals surface area contributed by atoms with Crippen molar-refractivity contribution >= 4 is 33.2 Å². The summed E-state index contributed by atoms with van der Waals surface area (Å²) in [7, 11) is -3.57. The van der Waals surface area contributed by atoms with E-state index in [0.717, 1.165) is 24.8 Å². The molecule has 1 amide bonds. The molecule has 0 unspecified atom stereocenters. The normalized spacial score (nSPS) is 15.6. The third-order valence-electron chi connectivity index (χ3n) is 4.49. The van der Waals surface area contributed by atoms with Gasteiger partial charge >= 0.3 is 0 Å². The minimum Gasteiger partial charge on any atom is -0.322 e. The van der Waals surface area contributed by atoms with E-state index in [0.29, 0.717) is 29.4 Å². The molecule has 0 spiro atoms. The van der Waals surface area contributed by atoms with Crippen LogP contribution in [0.4, 0.5) is 5.69 Å². The highest BCUT2D eigenvalue weighted by atomic mass is 35.5. The fourth-order valence-corrected chi connectivity index (χ4v) is 4.80. The number of halogens is 1. The Hall–Kier alpha value is -1.89. The van der Waals surface area contributed by atoms with Crippen LogP contribution in [0, 0.1) is 6.92 Å². The van der Waals surface area contributed by atoms with Gasteiger partial charge in [-0.2, -0.15) is 4.31 Å². The number of piperidine rings is 1. The molecule has 1 heterocycles. The minimum atomic E-state index is -3.57. The lowest BCUT2D eigenvalue weighted by molar-refractivity contribution is 0.102. The van der Waals surface area contributed by atoms with E-state index in [1.807, 2.05) is 6.92 Å². The average Bonchev–Trinajstić information content (AvgIpc) is 2.65. The number of nitrogens with one attached hydrogen (secondary N) is 1. The topological polar surface area (TPSA) is 66.5 Å². The van der Waals surface area contributed by atoms with Crippen LogP contribution in [0.2, 0.25) is 5.02 Å². The molecule has 0 saturated carbocycles. The first-order chi connectivity index (χ1) is 12.4. The second kappa shape index (κ2) is 7.78. The first-order valence-electron chi connectivity index (χ1n) is 8.55. The van der Waals surface area contributed by atoms with Gasteiger partial charge in [-0.1, -0.05) is 24.1 Å². The van der Waals surface area contributed by atoms with E-state index in [4.69, 9.17) is 11.6 Å². The molecule has 3 rings (SSSR count). The summed E-state index contributed by atoms with van der Waals surface area (Å²) in [4.78, 5) is 12.7. The Kier molecular flexibility index (Phi) is 5.65. The molecule has 1 fully saturated rings. The molecule has 1 aliphatic heterocycles. The Morgan fingerprint density at radius 3 is 2.50 bits per heavy atom. The summed E-state index contributed by atoms with van der Waals surface area (Å²) in [5.74, 6) is -0.355. The monoisotopic (exact) mass is 392 g/mol. The standard InChI is InChI=1S/C19H21ClN2O3S/c1-14-12-16(20)8-9-18(14)21-19(23)15-6-5-7-17(13-15)26(24,25)22-10-3-2-4-11-22/h5-9,12-13H,2-4,10-11H2,1H3,(H,21,23). The molecule has 0 aromatic heterocycles. The van der Waals surface area contributed by atoms with Gasteiger partial charge in [0.15, 0.2) is 0 Å². The van der Waals surface area contributed by atoms with Crippen LogP contribution in [0.5, 0.6) is 0 Å². The highest BCUT2D eigenvalue weighted by Gasteiger charge is 2.26. The SMILES string of the molecule is Cc1cc(Cl)ccc1NC(=O)c1cccc(S(=O)(=O)N2CCCCC2)c1. The van der Waals surface area contributed by atoms with Gasteiger partial charge in [0.1, 0.15) is 0 Å². The Balaban J connectivity index is 1.83. The number of sulfonamides is 1. The van der Waals surface area contributed by atoms with Gasteiger partial charge in [-0.25, -0.2) is 8.42 Å². The molecular weight excluding hydrogens is 372 g/mol. The smallest absolute Gasteiger partial charge is 0.255 e. The van der Waals surface area contributed by atoms with E-state index < -0.39 is 10.0 Å². The second-order valence-electron chi connectivity index (χ2n) is 6.41. The third kappa shape index (κ3) is 4.09. The summed E-state index contributed by atoms with van der Waals surface area (Å²) in [5, 5.41) is 3.40. The summed E-state index contributed by atoms with van der Waals surface area (Å²) in [6, 6.07) is 11.4. The van der Waals surface area contributed by atoms with Crippen LogP contribution in [0.25, 0.3) is 0 Å². The van der Waals surface area contributed by atoms with Crippen LogP contribution in [0.15, 0.2) is 47.4 Å². The van der Waals surface area contributed by atoms with Crippen molar-refractivity contribution in [3.63, 3.8) is 0 Å². The lowest BCUT2D eigenvalue weighted by Crippen LogP contribution is -2.35. The van der Waals surface area contributed by atoms with E-state index in [-0.39, 0.29) is 10.8 Å². The zero-order chi connectivity index (χ0) is 18.7. The van der Waals surface area contributed by atoms with Crippen LogP contribution in [-0.4, -0.2) is 31.7 Å². The fourth-order valence-electron chi connectivity index (χ4n) is 3.01. The maximum absolute atomic E-state index is 12.8. The number of benzene rings is 2. The fraction of sp³-hybridized carbons (Fsp3) is 0.316. The Morgan fingerprint density at radius 2 is 1.81 bits per heavy atom. The average molecular weight is 393 g/mol. The molecule has 0 aliphatic carbocycles. The molecule has 0 atom stereocenters. The summed E-state index contributed by atoms with van der Waals surface area (Å²) >= 11 is 5.93. The van der Waals surface area contributed by atoms with E-state index in [2.05, 4.69) is 5.32 Å². The Bertz CT molecular complexity index is 922. The van der Waals surface area contributed by atoms with Crippen molar-refractivity contribution in [1.82, 2.24) is 4.31 Å². The Morgan fingerprint density at radius 1 is 1.08 bits per heavy atom. The van der Waals surface area contributed by atoms with E-state index in [1.165, 1.54) is 16.4 Å². The number of carbonyl (C=O) groups excluding carboxylic acids is 1. The largest absolute Gasteiger partial charge is 0.322 e. The van der Waals surface area contributed by atoms with Crippen LogP contribution in [0.1, 0.15) is 35.2 Å². The van der Waals surface area contributed by atoms with Gasteiger partial charge in [-0.05, 0) is 61.7 Å².